The summed E-state index contributed by atoms with van der Waals surface area (Å²) in [5, 5.41) is 0. The summed E-state index contributed by atoms with van der Waals surface area (Å²) >= 11 is 3.35. The molecule has 5 heteroatoms. The van der Waals surface area contributed by atoms with E-state index >= 15 is 0 Å². The van der Waals surface area contributed by atoms with Crippen LogP contribution in [0.3, 0.4) is 0 Å². The summed E-state index contributed by atoms with van der Waals surface area (Å²) in [7, 11) is 1.59. The molecule has 94 valence electrons. The van der Waals surface area contributed by atoms with Crippen molar-refractivity contribution in [2.45, 2.75) is 0 Å². The van der Waals surface area contributed by atoms with Gasteiger partial charge in [0, 0.05) is 0 Å². The third-order valence-electron chi connectivity index (χ3n) is 2.29. The first kappa shape index (κ1) is 12.7. The smallest absolute Gasteiger partial charge is 0.235 e. The van der Waals surface area contributed by atoms with Crippen LogP contribution in [0, 0.1) is 0 Å². The minimum atomic E-state index is -0.206. The van der Waals surface area contributed by atoms with E-state index < -0.39 is 0 Å². The lowest BCUT2D eigenvalue weighted by atomic mass is 10.3. The van der Waals surface area contributed by atoms with E-state index in [1.165, 1.54) is 6.26 Å². The number of hydrogen-bond donors (Lipinski definition) is 0. The van der Waals surface area contributed by atoms with Gasteiger partial charge in [-0.15, -0.1) is 0 Å². The van der Waals surface area contributed by atoms with Crippen LogP contribution in [0.4, 0.5) is 0 Å². The number of methoxy groups -OCH3 is 1. The first-order valence-corrected chi connectivity index (χ1v) is 6.03. The van der Waals surface area contributed by atoms with E-state index in [0.29, 0.717) is 17.3 Å². The molecule has 0 spiro atoms. The number of benzene rings is 1. The molecule has 0 N–H and O–H groups in total. The fraction of sp³-hybridized carbons (Fsp3) is 0.154. The zero-order valence-electron chi connectivity index (χ0n) is 9.68. The molecule has 0 unspecified atom stereocenters. The molecule has 0 aliphatic carbocycles. The zero-order chi connectivity index (χ0) is 13.0. The van der Waals surface area contributed by atoms with Crippen LogP contribution < -0.4 is 9.47 Å². The Hall–Kier alpha value is -1.75. The summed E-state index contributed by atoms with van der Waals surface area (Å²) in [4.78, 5) is 11.7. The van der Waals surface area contributed by atoms with Crippen molar-refractivity contribution in [2.75, 3.05) is 13.7 Å². The first-order chi connectivity index (χ1) is 8.70. The first-order valence-electron chi connectivity index (χ1n) is 5.24. The van der Waals surface area contributed by atoms with Gasteiger partial charge in [-0.1, -0.05) is 0 Å². The van der Waals surface area contributed by atoms with Crippen molar-refractivity contribution in [3.63, 3.8) is 0 Å². The number of carbonyl (C=O) groups excluding carboxylic acids is 1. The minimum Gasteiger partial charge on any atom is -0.497 e. The summed E-state index contributed by atoms with van der Waals surface area (Å²) in [6, 6.07) is 8.54. The molecule has 0 radical (unpaired) electrons. The number of carbonyl (C=O) groups is 1. The van der Waals surface area contributed by atoms with Crippen molar-refractivity contribution in [3.8, 4) is 11.5 Å². The minimum absolute atomic E-state index is 0.0710. The third-order valence-corrected chi connectivity index (χ3v) is 2.91. The maximum Gasteiger partial charge on any atom is 0.235 e. The van der Waals surface area contributed by atoms with E-state index in [1.54, 1.807) is 37.4 Å². The van der Waals surface area contributed by atoms with Crippen molar-refractivity contribution in [2.24, 2.45) is 0 Å². The Morgan fingerprint density at radius 1 is 1.39 bits per heavy atom. The summed E-state index contributed by atoms with van der Waals surface area (Å²) in [5.74, 6) is 1.38. The standard InChI is InChI=1S/C13H11BrO4/c1-16-9-4-5-12(10(14)7-9)18-8-11(15)13-3-2-6-17-13/h2-7H,8H2,1H3. The number of hydrogen-bond acceptors (Lipinski definition) is 4. The number of ether oxygens (including phenoxy) is 2. The summed E-state index contributed by atoms with van der Waals surface area (Å²) < 4.78 is 16.2. The van der Waals surface area contributed by atoms with Crippen molar-refractivity contribution >= 4 is 21.7 Å². The molecule has 0 fully saturated rings. The van der Waals surface area contributed by atoms with Gasteiger partial charge in [0.15, 0.2) is 12.4 Å². The molecule has 1 aromatic heterocycles. The predicted octanol–water partition coefficient (Wildman–Crippen LogP) is 3.31. The Morgan fingerprint density at radius 2 is 2.22 bits per heavy atom. The molecule has 0 amide bonds. The second kappa shape index (κ2) is 5.73. The monoisotopic (exact) mass is 310 g/mol. The van der Waals surface area contributed by atoms with E-state index in [9.17, 15) is 4.79 Å². The molecule has 0 aliphatic heterocycles. The highest BCUT2D eigenvalue weighted by atomic mass is 79.9. The fourth-order valence-electron chi connectivity index (χ4n) is 1.38. The highest BCUT2D eigenvalue weighted by molar-refractivity contribution is 9.10. The summed E-state index contributed by atoms with van der Waals surface area (Å²) in [6.45, 7) is -0.0710. The largest absolute Gasteiger partial charge is 0.497 e. The molecule has 0 aliphatic rings. The fourth-order valence-corrected chi connectivity index (χ4v) is 1.85. The van der Waals surface area contributed by atoms with E-state index in [4.69, 9.17) is 13.9 Å². The SMILES string of the molecule is COc1ccc(OCC(=O)c2ccco2)c(Br)c1. The third kappa shape index (κ3) is 2.92. The van der Waals surface area contributed by atoms with Gasteiger partial charge in [-0.2, -0.15) is 0 Å². The van der Waals surface area contributed by atoms with Crippen LogP contribution in [-0.4, -0.2) is 19.5 Å². The van der Waals surface area contributed by atoms with Crippen LogP contribution >= 0.6 is 15.9 Å². The highest BCUT2D eigenvalue weighted by Gasteiger charge is 2.11. The number of halogens is 1. The van der Waals surface area contributed by atoms with Crippen LogP contribution in [0.2, 0.25) is 0 Å². The van der Waals surface area contributed by atoms with Crippen LogP contribution in [0.25, 0.3) is 0 Å². The lowest BCUT2D eigenvalue weighted by Crippen LogP contribution is -2.10. The normalized spacial score (nSPS) is 10.1. The molecule has 2 aromatic rings. The number of furan rings is 1. The molecule has 0 bridgehead atoms. The van der Waals surface area contributed by atoms with Gasteiger partial charge < -0.3 is 13.9 Å². The lowest BCUT2D eigenvalue weighted by Gasteiger charge is -2.08. The van der Waals surface area contributed by atoms with Crippen LogP contribution in [0.1, 0.15) is 10.6 Å². The van der Waals surface area contributed by atoms with Crippen molar-refractivity contribution in [3.05, 3.63) is 46.8 Å². The number of ketones is 1. The molecule has 1 aromatic carbocycles. The molecule has 0 atom stereocenters. The Balaban J connectivity index is 2.00. The molecule has 4 nitrogen and oxygen atoms in total. The topological polar surface area (TPSA) is 48.7 Å². The Morgan fingerprint density at radius 3 is 2.83 bits per heavy atom. The van der Waals surface area contributed by atoms with Gasteiger partial charge in [0.25, 0.3) is 0 Å². The van der Waals surface area contributed by atoms with Crippen LogP contribution in [-0.2, 0) is 0 Å². The molecule has 0 saturated heterocycles. The van der Waals surface area contributed by atoms with E-state index in [-0.39, 0.29) is 12.4 Å². The Kier molecular flexibility index (Phi) is 4.04. The maximum atomic E-state index is 11.7. The Bertz CT molecular complexity index is 534. The van der Waals surface area contributed by atoms with Gasteiger partial charge in [-0.3, -0.25) is 4.79 Å². The lowest BCUT2D eigenvalue weighted by molar-refractivity contribution is 0.0893. The van der Waals surface area contributed by atoms with Gasteiger partial charge in [-0.25, -0.2) is 0 Å². The zero-order valence-corrected chi connectivity index (χ0v) is 11.3. The van der Waals surface area contributed by atoms with Gasteiger partial charge in [0.2, 0.25) is 5.78 Å². The van der Waals surface area contributed by atoms with E-state index in [2.05, 4.69) is 15.9 Å². The molecule has 18 heavy (non-hydrogen) atoms. The molecular formula is C13H11BrO4. The maximum absolute atomic E-state index is 11.7. The number of rotatable bonds is 5. The van der Waals surface area contributed by atoms with Crippen LogP contribution in [0.5, 0.6) is 11.5 Å². The van der Waals surface area contributed by atoms with E-state index in [0.717, 1.165) is 4.47 Å². The van der Waals surface area contributed by atoms with Crippen LogP contribution in [0.15, 0.2) is 45.5 Å². The molecule has 0 saturated carbocycles. The number of Topliss-reactive ketones (excluding diaryl/α,β-unsaturated/α-hetero) is 1. The Labute approximate surface area is 113 Å². The molecular weight excluding hydrogens is 300 g/mol. The quantitative estimate of drug-likeness (QED) is 0.795. The second-order valence-corrected chi connectivity index (χ2v) is 4.34. The van der Waals surface area contributed by atoms with Gasteiger partial charge >= 0.3 is 0 Å². The molecule has 2 rings (SSSR count). The second-order valence-electron chi connectivity index (χ2n) is 3.49. The summed E-state index contributed by atoms with van der Waals surface area (Å²) in [6.07, 6.45) is 1.45. The average Bonchev–Trinajstić information content (AvgIpc) is 2.90. The van der Waals surface area contributed by atoms with Gasteiger partial charge in [-0.05, 0) is 46.3 Å². The van der Waals surface area contributed by atoms with Crippen molar-refractivity contribution < 1.29 is 18.7 Å². The summed E-state index contributed by atoms with van der Waals surface area (Å²) in [5.41, 5.74) is 0. The van der Waals surface area contributed by atoms with Gasteiger partial charge in [0.1, 0.15) is 11.5 Å². The van der Waals surface area contributed by atoms with Crippen molar-refractivity contribution in [1.29, 1.82) is 0 Å². The highest BCUT2D eigenvalue weighted by Crippen LogP contribution is 2.29. The predicted molar refractivity (Wildman–Crippen MR) is 69.2 cm³/mol. The van der Waals surface area contributed by atoms with Crippen molar-refractivity contribution in [1.82, 2.24) is 0 Å². The molecule has 1 heterocycles. The average molecular weight is 311 g/mol. The van der Waals surface area contributed by atoms with E-state index in [1.807, 2.05) is 0 Å². The van der Waals surface area contributed by atoms with Gasteiger partial charge in [0.05, 0.1) is 17.8 Å².